The smallest absolute Gasteiger partial charge is 0.234 e. The highest BCUT2D eigenvalue weighted by Gasteiger charge is 2.52. The summed E-state index contributed by atoms with van der Waals surface area (Å²) in [5.41, 5.74) is 5.95. The zero-order valence-electron chi connectivity index (χ0n) is 11.1. The molecule has 1 aromatic rings. The van der Waals surface area contributed by atoms with E-state index in [0.717, 1.165) is 5.56 Å². The van der Waals surface area contributed by atoms with Crippen LogP contribution in [0.2, 0.25) is 0 Å². The van der Waals surface area contributed by atoms with Gasteiger partial charge in [0.1, 0.15) is 5.41 Å². The summed E-state index contributed by atoms with van der Waals surface area (Å²) in [5.74, 6) is 0.280. The molecule has 1 fully saturated rings. The second kappa shape index (κ2) is 5.21. The Morgan fingerprint density at radius 2 is 2.37 bits per heavy atom. The van der Waals surface area contributed by atoms with Crippen molar-refractivity contribution in [1.82, 2.24) is 5.32 Å². The number of thiophene rings is 1. The van der Waals surface area contributed by atoms with Crippen LogP contribution in [-0.2, 0) is 4.79 Å². The minimum Gasteiger partial charge on any atom is -0.409 e. The molecule has 19 heavy (non-hydrogen) atoms. The van der Waals surface area contributed by atoms with Gasteiger partial charge >= 0.3 is 0 Å². The molecule has 1 aromatic heterocycles. The van der Waals surface area contributed by atoms with Crippen LogP contribution in [0.25, 0.3) is 0 Å². The Balaban J connectivity index is 2.09. The molecular weight excluding hydrogens is 262 g/mol. The summed E-state index contributed by atoms with van der Waals surface area (Å²) in [7, 11) is 0. The molecule has 4 N–H and O–H groups in total. The van der Waals surface area contributed by atoms with Crippen LogP contribution >= 0.6 is 11.3 Å². The maximum absolute atomic E-state index is 12.4. The van der Waals surface area contributed by atoms with E-state index in [2.05, 4.69) is 17.4 Å². The first-order chi connectivity index (χ1) is 8.99. The predicted molar refractivity (Wildman–Crippen MR) is 75.1 cm³/mol. The molecule has 1 aliphatic rings. The molecule has 0 aliphatic heterocycles. The zero-order valence-corrected chi connectivity index (χ0v) is 11.9. The van der Waals surface area contributed by atoms with Crippen molar-refractivity contribution < 1.29 is 10.0 Å². The van der Waals surface area contributed by atoms with Gasteiger partial charge in [-0.3, -0.25) is 4.79 Å². The summed E-state index contributed by atoms with van der Waals surface area (Å²) >= 11 is 1.59. The van der Waals surface area contributed by atoms with Gasteiger partial charge in [0.2, 0.25) is 5.91 Å². The second-order valence-corrected chi connectivity index (χ2v) is 6.11. The maximum atomic E-state index is 12.4. The van der Waals surface area contributed by atoms with Crippen molar-refractivity contribution in [2.24, 2.45) is 22.2 Å². The summed E-state index contributed by atoms with van der Waals surface area (Å²) in [5, 5.41) is 18.9. The number of carbonyl (C=O) groups is 1. The van der Waals surface area contributed by atoms with Crippen LogP contribution in [0.1, 0.15) is 38.3 Å². The van der Waals surface area contributed by atoms with Crippen molar-refractivity contribution in [3.05, 3.63) is 22.4 Å². The van der Waals surface area contributed by atoms with Crippen LogP contribution in [0.4, 0.5) is 0 Å². The summed E-state index contributed by atoms with van der Waals surface area (Å²) in [4.78, 5) is 12.4. The van der Waals surface area contributed by atoms with E-state index in [-0.39, 0.29) is 17.8 Å². The van der Waals surface area contributed by atoms with E-state index in [1.807, 2.05) is 23.8 Å². The van der Waals surface area contributed by atoms with Crippen molar-refractivity contribution >= 4 is 23.1 Å². The third kappa shape index (κ3) is 2.45. The Bertz CT molecular complexity index is 478. The van der Waals surface area contributed by atoms with Gasteiger partial charge in [-0.15, -0.1) is 0 Å². The van der Waals surface area contributed by atoms with Gasteiger partial charge in [-0.2, -0.15) is 11.3 Å². The van der Waals surface area contributed by atoms with Crippen molar-refractivity contribution in [3.63, 3.8) is 0 Å². The number of carbonyl (C=O) groups excluding carboxylic acids is 1. The lowest BCUT2D eigenvalue weighted by Gasteiger charge is -2.44. The fraction of sp³-hybridized carbons (Fsp3) is 0.538. The number of amidine groups is 1. The van der Waals surface area contributed by atoms with Gasteiger partial charge < -0.3 is 16.3 Å². The molecule has 1 unspecified atom stereocenters. The average molecular weight is 281 g/mol. The van der Waals surface area contributed by atoms with Crippen molar-refractivity contribution in [2.75, 3.05) is 0 Å². The number of hydrogen-bond donors (Lipinski definition) is 3. The van der Waals surface area contributed by atoms with Gasteiger partial charge in [-0.1, -0.05) is 12.1 Å². The van der Waals surface area contributed by atoms with Gasteiger partial charge in [-0.25, -0.2) is 0 Å². The van der Waals surface area contributed by atoms with E-state index in [4.69, 9.17) is 10.9 Å². The molecule has 1 heterocycles. The largest absolute Gasteiger partial charge is 0.409 e. The highest BCUT2D eigenvalue weighted by Crippen LogP contribution is 2.46. The first-order valence-corrected chi connectivity index (χ1v) is 7.25. The highest BCUT2D eigenvalue weighted by molar-refractivity contribution is 7.07. The standard InChI is InChI=1S/C13H19N3O2S/c1-8-5-13(6-8,11(14)16-18)12(17)15-9(2)10-3-4-19-7-10/h3-4,7-9,18H,5-6H2,1-2H3,(H2,14,16)(H,15,17). The predicted octanol–water partition coefficient (Wildman–Crippen LogP) is 2.09. The summed E-state index contributed by atoms with van der Waals surface area (Å²) in [6.45, 7) is 3.99. The molecule has 0 radical (unpaired) electrons. The third-order valence-electron chi connectivity index (χ3n) is 3.82. The lowest BCUT2D eigenvalue weighted by atomic mass is 9.61. The number of nitrogens with zero attached hydrogens (tertiary/aromatic N) is 1. The van der Waals surface area contributed by atoms with Crippen LogP contribution in [0.5, 0.6) is 0 Å². The van der Waals surface area contributed by atoms with E-state index in [0.29, 0.717) is 18.8 Å². The molecule has 5 nitrogen and oxygen atoms in total. The fourth-order valence-electron chi connectivity index (χ4n) is 2.68. The fourth-order valence-corrected chi connectivity index (χ4v) is 3.43. The van der Waals surface area contributed by atoms with Crippen LogP contribution in [0, 0.1) is 11.3 Å². The van der Waals surface area contributed by atoms with Gasteiger partial charge in [0, 0.05) is 0 Å². The Labute approximate surface area is 116 Å². The number of oxime groups is 1. The summed E-state index contributed by atoms with van der Waals surface area (Å²) < 4.78 is 0. The van der Waals surface area contributed by atoms with Crippen LogP contribution in [0.15, 0.2) is 22.0 Å². The second-order valence-electron chi connectivity index (χ2n) is 5.33. The lowest BCUT2D eigenvalue weighted by molar-refractivity contribution is -0.133. The molecule has 1 atom stereocenters. The summed E-state index contributed by atoms with van der Waals surface area (Å²) in [6.07, 6.45) is 1.26. The van der Waals surface area contributed by atoms with E-state index in [1.165, 1.54) is 0 Å². The van der Waals surface area contributed by atoms with Crippen molar-refractivity contribution in [1.29, 1.82) is 0 Å². The normalized spacial score (nSPS) is 28.5. The van der Waals surface area contributed by atoms with Gasteiger partial charge in [0.15, 0.2) is 5.84 Å². The molecule has 0 spiro atoms. The average Bonchev–Trinajstić information content (AvgIpc) is 2.87. The molecule has 0 aromatic carbocycles. The minimum absolute atomic E-state index is 0.0145. The molecule has 2 rings (SSSR count). The number of amides is 1. The Kier molecular flexibility index (Phi) is 3.80. The molecule has 0 bridgehead atoms. The quantitative estimate of drug-likeness (QED) is 0.342. The minimum atomic E-state index is -0.835. The maximum Gasteiger partial charge on any atom is 0.234 e. The molecular formula is C13H19N3O2S. The number of rotatable bonds is 4. The van der Waals surface area contributed by atoms with E-state index >= 15 is 0 Å². The SMILES string of the molecule is CC1CC(C(=O)NC(C)c2ccsc2)(/C(N)=N/O)C1. The lowest BCUT2D eigenvalue weighted by Crippen LogP contribution is -2.57. The Morgan fingerprint density at radius 3 is 2.84 bits per heavy atom. The Morgan fingerprint density at radius 1 is 1.68 bits per heavy atom. The molecule has 104 valence electrons. The number of nitrogens with one attached hydrogen (secondary N) is 1. The van der Waals surface area contributed by atoms with Crippen LogP contribution in [-0.4, -0.2) is 17.0 Å². The molecule has 0 saturated heterocycles. The van der Waals surface area contributed by atoms with E-state index in [9.17, 15) is 4.79 Å². The molecule has 6 heteroatoms. The van der Waals surface area contributed by atoms with E-state index in [1.54, 1.807) is 11.3 Å². The van der Waals surface area contributed by atoms with Gasteiger partial charge in [-0.05, 0) is 48.1 Å². The Hall–Kier alpha value is -1.56. The third-order valence-corrected chi connectivity index (χ3v) is 4.52. The highest BCUT2D eigenvalue weighted by atomic mass is 32.1. The molecule has 1 aliphatic carbocycles. The summed E-state index contributed by atoms with van der Waals surface area (Å²) in [6, 6.07) is 1.91. The topological polar surface area (TPSA) is 87.7 Å². The monoisotopic (exact) mass is 281 g/mol. The zero-order chi connectivity index (χ0) is 14.0. The first-order valence-electron chi connectivity index (χ1n) is 6.30. The first kappa shape index (κ1) is 13.9. The molecule has 1 amide bonds. The van der Waals surface area contributed by atoms with Crippen molar-refractivity contribution in [2.45, 2.75) is 32.7 Å². The van der Waals surface area contributed by atoms with Gasteiger partial charge in [0.05, 0.1) is 6.04 Å². The molecule has 1 saturated carbocycles. The van der Waals surface area contributed by atoms with Gasteiger partial charge in [0.25, 0.3) is 0 Å². The van der Waals surface area contributed by atoms with Crippen LogP contribution in [0.3, 0.4) is 0 Å². The van der Waals surface area contributed by atoms with E-state index < -0.39 is 5.41 Å². The number of hydrogen-bond acceptors (Lipinski definition) is 4. The number of nitrogens with two attached hydrogens (primary N) is 1. The van der Waals surface area contributed by atoms with Crippen LogP contribution < -0.4 is 11.1 Å². The van der Waals surface area contributed by atoms with Crippen molar-refractivity contribution in [3.8, 4) is 0 Å².